The largest absolute Gasteiger partial charge is 0.327 e. The highest BCUT2D eigenvalue weighted by Crippen LogP contribution is 2.50. The molecule has 0 aliphatic carbocycles. The molecule has 3 aromatic rings. The van der Waals surface area contributed by atoms with Gasteiger partial charge in [0.15, 0.2) is 0 Å². The van der Waals surface area contributed by atoms with Gasteiger partial charge in [-0.25, -0.2) is 0 Å². The molecule has 0 N–H and O–H groups in total. The van der Waals surface area contributed by atoms with E-state index in [2.05, 4.69) is 55.7 Å². The van der Waals surface area contributed by atoms with Gasteiger partial charge < -0.3 is 9.05 Å². The number of benzene rings is 3. The Morgan fingerprint density at radius 1 is 0.818 bits per heavy atom. The predicted molar refractivity (Wildman–Crippen MR) is 180 cm³/mol. The number of hydrogen-bond donors (Lipinski definition) is 0. The van der Waals surface area contributed by atoms with Crippen molar-refractivity contribution in [2.75, 3.05) is 19.8 Å². The monoisotopic (exact) mass is 634 g/mol. The van der Waals surface area contributed by atoms with Gasteiger partial charge in [-0.1, -0.05) is 106 Å². The summed E-state index contributed by atoms with van der Waals surface area (Å²) >= 11 is 0. The van der Waals surface area contributed by atoms with Crippen molar-refractivity contribution >= 4 is 27.5 Å². The van der Waals surface area contributed by atoms with Gasteiger partial charge in [-0.05, 0) is 36.2 Å². The molecule has 3 atom stereocenters. The molecule has 7 nitrogen and oxygen atoms in total. The lowest BCUT2D eigenvalue weighted by atomic mass is 9.81. The number of imide groups is 1. The maximum Gasteiger partial charge on any atom is 0.327 e. The highest BCUT2D eigenvalue weighted by Gasteiger charge is 2.46. The number of carbonyl (C=O) groups is 2. The van der Waals surface area contributed by atoms with Crippen LogP contribution in [0, 0.1) is 5.41 Å². The third kappa shape index (κ3) is 8.86. The topological polar surface area (TPSA) is 76.1 Å². The van der Waals surface area contributed by atoms with Gasteiger partial charge in [0.25, 0.3) is 11.8 Å². The molecule has 44 heavy (non-hydrogen) atoms. The van der Waals surface area contributed by atoms with Gasteiger partial charge in [0.1, 0.15) is 0 Å². The van der Waals surface area contributed by atoms with E-state index in [4.69, 9.17) is 9.05 Å². The molecule has 0 saturated heterocycles. The average molecular weight is 635 g/mol. The highest BCUT2D eigenvalue weighted by atomic mass is 31.2. The molecule has 9 heteroatoms. The molecule has 0 aromatic heterocycles. The first-order chi connectivity index (χ1) is 20.7. The average Bonchev–Trinajstić information content (AvgIpc) is 3.20. The predicted octanol–water partition coefficient (Wildman–Crippen LogP) is 7.96. The fourth-order valence-electron chi connectivity index (χ4n) is 5.69. The molecule has 1 heterocycles. The number of carbonyl (C=O) groups excluding carboxylic acids is 2. The fraction of sp³-hybridized carbons (Fsp3) is 0.429. The van der Waals surface area contributed by atoms with E-state index in [1.54, 1.807) is 24.3 Å². The first-order valence-electron chi connectivity index (χ1n) is 15.3. The molecular formula is C35H47N2O5PSi. The molecular weight excluding hydrogens is 587 g/mol. The summed E-state index contributed by atoms with van der Waals surface area (Å²) in [5, 5.41) is 0. The Kier molecular flexibility index (Phi) is 10.9. The molecule has 2 amide bonds. The summed E-state index contributed by atoms with van der Waals surface area (Å²) < 4.78 is 26.5. The maximum atomic E-state index is 13.9. The first kappa shape index (κ1) is 34.0. The van der Waals surface area contributed by atoms with Crippen molar-refractivity contribution in [2.24, 2.45) is 5.41 Å². The van der Waals surface area contributed by atoms with Crippen molar-refractivity contribution in [1.29, 1.82) is 0 Å². The third-order valence-electron chi connectivity index (χ3n) is 8.17. The van der Waals surface area contributed by atoms with Crippen LogP contribution in [0.1, 0.15) is 52.6 Å². The number of amides is 2. The van der Waals surface area contributed by atoms with Crippen LogP contribution in [0.4, 0.5) is 0 Å². The highest BCUT2D eigenvalue weighted by molar-refractivity contribution is 7.53. The van der Waals surface area contributed by atoms with Gasteiger partial charge in [0.2, 0.25) is 0 Å². The van der Waals surface area contributed by atoms with Gasteiger partial charge in [0, 0.05) is 45.8 Å². The second-order valence-electron chi connectivity index (χ2n) is 13.8. The van der Waals surface area contributed by atoms with Crippen LogP contribution in [-0.4, -0.2) is 61.7 Å². The van der Waals surface area contributed by atoms with Crippen molar-refractivity contribution in [3.05, 3.63) is 107 Å². The summed E-state index contributed by atoms with van der Waals surface area (Å²) in [6.45, 7) is 16.0. The number of hydrogen-bond acceptors (Lipinski definition) is 6. The second-order valence-corrected chi connectivity index (χ2v) is 21.4. The Morgan fingerprint density at radius 3 is 1.73 bits per heavy atom. The van der Waals surface area contributed by atoms with Gasteiger partial charge in [0.05, 0.1) is 23.8 Å². The standard InChI is InChI=1S/C35H47N2O5PSi/c1-27(36(24-28-16-10-8-11-17-28)25-29-18-12-9-13-19-29)32(42-43(4,40)41-22-23-44(5,6)7)35(2,3)26-37-33(38)30-20-14-15-21-31(30)34(37)39/h8-21,27,32H,22-26H2,1-7H3/t27-,32+,43?/m1/s1. The smallest absolute Gasteiger partial charge is 0.309 e. The van der Waals surface area contributed by atoms with E-state index in [1.807, 2.05) is 50.2 Å². The van der Waals surface area contributed by atoms with E-state index in [1.165, 1.54) is 11.6 Å². The minimum absolute atomic E-state index is 0.105. The Hall–Kier alpha value is -2.87. The molecule has 1 aliphatic heterocycles. The molecule has 4 rings (SSSR count). The third-order valence-corrected chi connectivity index (χ3v) is 11.1. The lowest BCUT2D eigenvalue weighted by Crippen LogP contribution is -2.53. The second kappa shape index (κ2) is 14.0. The van der Waals surface area contributed by atoms with Crippen LogP contribution in [0.5, 0.6) is 0 Å². The quantitative estimate of drug-likeness (QED) is 0.0959. The van der Waals surface area contributed by atoms with Crippen LogP contribution in [0.2, 0.25) is 25.7 Å². The maximum absolute atomic E-state index is 13.9. The van der Waals surface area contributed by atoms with Crippen molar-refractivity contribution < 1.29 is 23.2 Å². The molecule has 1 unspecified atom stereocenters. The molecule has 1 aliphatic rings. The van der Waals surface area contributed by atoms with Gasteiger partial charge in [-0.2, -0.15) is 0 Å². The summed E-state index contributed by atoms with van der Waals surface area (Å²) in [7, 11) is -4.94. The van der Waals surface area contributed by atoms with Gasteiger partial charge in [-0.3, -0.25) is 24.0 Å². The zero-order valence-electron chi connectivity index (χ0n) is 27.2. The van der Waals surface area contributed by atoms with E-state index in [0.717, 1.165) is 17.2 Å². The Bertz CT molecular complexity index is 1400. The van der Waals surface area contributed by atoms with Crippen LogP contribution in [-0.2, 0) is 26.7 Å². The zero-order chi connectivity index (χ0) is 32.1. The minimum atomic E-state index is -3.52. The zero-order valence-corrected chi connectivity index (χ0v) is 29.1. The molecule has 0 spiro atoms. The van der Waals surface area contributed by atoms with E-state index in [-0.39, 0.29) is 24.4 Å². The van der Waals surface area contributed by atoms with E-state index < -0.39 is 27.2 Å². The fourth-order valence-corrected chi connectivity index (χ4v) is 7.93. The molecule has 0 saturated carbocycles. The normalized spacial score (nSPS) is 16.6. The van der Waals surface area contributed by atoms with Crippen LogP contribution in [0.25, 0.3) is 0 Å². The summed E-state index contributed by atoms with van der Waals surface area (Å²) in [4.78, 5) is 30.4. The Morgan fingerprint density at radius 2 is 1.27 bits per heavy atom. The van der Waals surface area contributed by atoms with Crippen LogP contribution >= 0.6 is 7.60 Å². The van der Waals surface area contributed by atoms with Crippen molar-refractivity contribution in [3.63, 3.8) is 0 Å². The molecule has 0 fully saturated rings. The van der Waals surface area contributed by atoms with E-state index in [9.17, 15) is 14.2 Å². The lowest BCUT2D eigenvalue weighted by molar-refractivity contribution is -0.0261. The van der Waals surface area contributed by atoms with Gasteiger partial charge >= 0.3 is 7.60 Å². The van der Waals surface area contributed by atoms with E-state index in [0.29, 0.717) is 30.8 Å². The number of rotatable bonds is 15. The molecule has 236 valence electrons. The summed E-state index contributed by atoms with van der Waals surface area (Å²) in [5.74, 6) is -0.636. The molecule has 0 bridgehead atoms. The van der Waals surface area contributed by atoms with Crippen LogP contribution in [0.3, 0.4) is 0 Å². The van der Waals surface area contributed by atoms with Crippen molar-refractivity contribution in [3.8, 4) is 0 Å². The van der Waals surface area contributed by atoms with Crippen LogP contribution in [0.15, 0.2) is 84.9 Å². The van der Waals surface area contributed by atoms with Crippen molar-refractivity contribution in [1.82, 2.24) is 9.80 Å². The minimum Gasteiger partial charge on any atom is -0.309 e. The lowest BCUT2D eigenvalue weighted by Gasteiger charge is -2.44. The summed E-state index contributed by atoms with van der Waals surface area (Å²) in [6, 6.07) is 27.9. The summed E-state index contributed by atoms with van der Waals surface area (Å²) in [5.41, 5.74) is 2.30. The number of nitrogens with zero attached hydrogens (tertiary/aromatic N) is 2. The summed E-state index contributed by atoms with van der Waals surface area (Å²) in [6.07, 6.45) is -0.651. The first-order valence-corrected chi connectivity index (χ1v) is 21.0. The van der Waals surface area contributed by atoms with Crippen LogP contribution < -0.4 is 0 Å². The van der Waals surface area contributed by atoms with Gasteiger partial charge in [-0.15, -0.1) is 0 Å². The SMILES string of the molecule is C[C@H]([C@H](OP(C)(=O)OCC[Si](C)(C)C)C(C)(C)CN1C(=O)c2ccccc2C1=O)N(Cc1ccccc1)Cc1ccccc1. The Balaban J connectivity index is 1.67. The number of fused-ring (bicyclic) bond motifs is 1. The Labute approximate surface area is 264 Å². The van der Waals surface area contributed by atoms with E-state index >= 15 is 0 Å². The molecule has 0 radical (unpaired) electrons. The molecule has 3 aromatic carbocycles. The van der Waals surface area contributed by atoms with Crippen molar-refractivity contribution in [2.45, 2.75) is 71.7 Å².